The third kappa shape index (κ3) is 4.90. The molecule has 4 heterocycles. The zero-order chi connectivity index (χ0) is 27.0. The molecule has 2 amide bonds. The molecule has 0 fully saturated rings. The Morgan fingerprint density at radius 1 is 1.24 bits per heavy atom. The summed E-state index contributed by atoms with van der Waals surface area (Å²) in [7, 11) is 1.83. The molecule has 0 saturated carbocycles. The van der Waals surface area contributed by atoms with Crippen molar-refractivity contribution in [2.45, 2.75) is 39.4 Å². The van der Waals surface area contributed by atoms with Crippen LogP contribution in [0.3, 0.4) is 0 Å². The lowest BCUT2D eigenvalue weighted by Crippen LogP contribution is -2.46. The fourth-order valence-corrected chi connectivity index (χ4v) is 5.66. The molecule has 0 spiro atoms. The van der Waals surface area contributed by atoms with Gasteiger partial charge in [0.1, 0.15) is 11.9 Å². The molecule has 0 aliphatic carbocycles. The van der Waals surface area contributed by atoms with Crippen LogP contribution in [0.4, 0.5) is 11.8 Å². The SMILES string of the molecule is Cc1cccc(C(CO)NC(=O)[C@@H](C)N2Cc3sc(-c4nc(Nc5ccnn5C)ncc4C)cc3C2=O)c1. The summed E-state index contributed by atoms with van der Waals surface area (Å²) in [5.74, 6) is 0.693. The van der Waals surface area contributed by atoms with Gasteiger partial charge in [0, 0.05) is 24.2 Å². The highest BCUT2D eigenvalue weighted by Crippen LogP contribution is 2.38. The number of thiophene rings is 1. The molecule has 1 unspecified atom stereocenters. The molecule has 0 radical (unpaired) electrons. The summed E-state index contributed by atoms with van der Waals surface area (Å²) in [6.45, 7) is 5.70. The van der Waals surface area contributed by atoms with Crippen LogP contribution in [0, 0.1) is 13.8 Å². The summed E-state index contributed by atoms with van der Waals surface area (Å²) in [6.07, 6.45) is 3.44. The van der Waals surface area contributed by atoms with Crippen molar-refractivity contribution < 1.29 is 14.7 Å². The number of nitrogens with zero attached hydrogens (tertiary/aromatic N) is 5. The molecule has 1 aliphatic heterocycles. The number of amides is 2. The van der Waals surface area contributed by atoms with Crippen molar-refractivity contribution in [3.05, 3.63) is 75.9 Å². The lowest BCUT2D eigenvalue weighted by Gasteiger charge is -2.26. The van der Waals surface area contributed by atoms with Gasteiger partial charge >= 0.3 is 0 Å². The first-order chi connectivity index (χ1) is 18.2. The topological polar surface area (TPSA) is 125 Å². The largest absolute Gasteiger partial charge is 0.394 e. The van der Waals surface area contributed by atoms with Crippen molar-refractivity contribution >= 4 is 34.9 Å². The highest BCUT2D eigenvalue weighted by atomic mass is 32.1. The van der Waals surface area contributed by atoms with Gasteiger partial charge in [-0.1, -0.05) is 29.8 Å². The van der Waals surface area contributed by atoms with Crippen molar-refractivity contribution in [2.75, 3.05) is 11.9 Å². The first kappa shape index (κ1) is 25.6. The number of carbonyl (C=O) groups excluding carboxylic acids is 2. The van der Waals surface area contributed by atoms with Gasteiger partial charge in [-0.15, -0.1) is 11.3 Å². The van der Waals surface area contributed by atoms with E-state index >= 15 is 0 Å². The van der Waals surface area contributed by atoms with Crippen LogP contribution in [0.25, 0.3) is 10.6 Å². The van der Waals surface area contributed by atoms with Crippen LogP contribution < -0.4 is 10.6 Å². The van der Waals surface area contributed by atoms with E-state index in [1.54, 1.807) is 28.9 Å². The van der Waals surface area contributed by atoms with Gasteiger partial charge in [-0.05, 0) is 38.0 Å². The summed E-state index contributed by atoms with van der Waals surface area (Å²) in [6, 6.07) is 10.1. The molecule has 10 nitrogen and oxygen atoms in total. The van der Waals surface area contributed by atoms with Gasteiger partial charge in [0.2, 0.25) is 11.9 Å². The second-order valence-corrected chi connectivity index (χ2v) is 10.5. The molecule has 3 aromatic heterocycles. The minimum Gasteiger partial charge on any atom is -0.394 e. The van der Waals surface area contributed by atoms with Gasteiger partial charge in [-0.25, -0.2) is 9.97 Å². The Balaban J connectivity index is 1.30. The van der Waals surface area contributed by atoms with Crippen LogP contribution in [0.5, 0.6) is 0 Å². The Hall–Kier alpha value is -4.09. The predicted octanol–water partition coefficient (Wildman–Crippen LogP) is 3.49. The maximum Gasteiger partial charge on any atom is 0.256 e. The second-order valence-electron chi connectivity index (χ2n) is 9.40. The van der Waals surface area contributed by atoms with Gasteiger partial charge in [-0.2, -0.15) is 5.10 Å². The van der Waals surface area contributed by atoms with Gasteiger partial charge < -0.3 is 20.6 Å². The molecule has 11 heteroatoms. The fraction of sp³-hybridized carbons (Fsp3) is 0.296. The van der Waals surface area contributed by atoms with Crippen LogP contribution >= 0.6 is 11.3 Å². The number of aliphatic hydroxyl groups excluding tert-OH is 1. The van der Waals surface area contributed by atoms with E-state index in [0.717, 1.165) is 38.0 Å². The number of aliphatic hydroxyl groups is 1. The second kappa shape index (κ2) is 10.3. The average molecular weight is 532 g/mol. The van der Waals surface area contributed by atoms with E-state index < -0.39 is 12.1 Å². The highest BCUT2D eigenvalue weighted by molar-refractivity contribution is 7.16. The van der Waals surface area contributed by atoms with Crippen LogP contribution in [-0.4, -0.2) is 54.2 Å². The van der Waals surface area contributed by atoms with Crippen molar-refractivity contribution in [2.24, 2.45) is 7.05 Å². The number of hydrogen-bond donors (Lipinski definition) is 3. The predicted molar refractivity (Wildman–Crippen MR) is 145 cm³/mol. The number of benzene rings is 1. The first-order valence-electron chi connectivity index (χ1n) is 12.3. The number of hydrogen-bond acceptors (Lipinski definition) is 8. The van der Waals surface area contributed by atoms with E-state index in [9.17, 15) is 14.7 Å². The van der Waals surface area contributed by atoms with E-state index in [-0.39, 0.29) is 18.4 Å². The average Bonchev–Trinajstić information content (AvgIpc) is 3.59. The lowest BCUT2D eigenvalue weighted by atomic mass is 10.0. The van der Waals surface area contributed by atoms with E-state index in [1.807, 2.05) is 57.3 Å². The van der Waals surface area contributed by atoms with Gasteiger partial charge in [0.25, 0.3) is 5.91 Å². The molecule has 0 saturated heterocycles. The Bertz CT molecular complexity index is 1510. The van der Waals surface area contributed by atoms with Crippen LogP contribution in [0.15, 0.2) is 48.8 Å². The molecule has 0 bridgehead atoms. The summed E-state index contributed by atoms with van der Waals surface area (Å²) in [5.41, 5.74) is 4.09. The van der Waals surface area contributed by atoms with Crippen molar-refractivity contribution in [1.29, 1.82) is 0 Å². The van der Waals surface area contributed by atoms with Gasteiger partial charge in [0.15, 0.2) is 0 Å². The van der Waals surface area contributed by atoms with E-state index in [4.69, 9.17) is 4.98 Å². The Labute approximate surface area is 224 Å². The molecule has 4 aromatic rings. The number of nitrogens with one attached hydrogen (secondary N) is 2. The summed E-state index contributed by atoms with van der Waals surface area (Å²) in [5, 5.41) is 20.1. The number of aromatic nitrogens is 4. The first-order valence-corrected chi connectivity index (χ1v) is 13.1. The minimum absolute atomic E-state index is 0.193. The van der Waals surface area contributed by atoms with Gasteiger partial charge in [0.05, 0.1) is 41.5 Å². The lowest BCUT2D eigenvalue weighted by molar-refractivity contribution is -0.126. The van der Waals surface area contributed by atoms with Crippen molar-refractivity contribution in [1.82, 2.24) is 30.0 Å². The standard InChI is InChI=1S/C27H29N7O3S/c1-15-6-5-7-18(10-15)20(14-35)30-25(36)17(3)34-13-22-19(26(34)37)11-21(38-22)24-16(2)12-28-27(32-24)31-23-8-9-29-33(23)4/h5-12,17,20,35H,13-14H2,1-4H3,(H,30,36)(H,28,31,32)/t17-,20?/m1/s1. The maximum atomic E-state index is 13.3. The number of anilines is 2. The smallest absolute Gasteiger partial charge is 0.256 e. The quantitative estimate of drug-likeness (QED) is 0.318. The zero-order valence-corrected chi connectivity index (χ0v) is 22.4. The van der Waals surface area contributed by atoms with Crippen molar-refractivity contribution in [3.8, 4) is 10.6 Å². The van der Waals surface area contributed by atoms with Crippen LogP contribution in [0.1, 0.15) is 44.9 Å². The molecular weight excluding hydrogens is 502 g/mol. The monoisotopic (exact) mass is 531 g/mol. The van der Waals surface area contributed by atoms with E-state index in [2.05, 4.69) is 20.7 Å². The Morgan fingerprint density at radius 2 is 2.05 bits per heavy atom. The zero-order valence-electron chi connectivity index (χ0n) is 21.6. The summed E-state index contributed by atoms with van der Waals surface area (Å²) < 4.78 is 1.69. The number of carbonyl (C=O) groups is 2. The summed E-state index contributed by atoms with van der Waals surface area (Å²) >= 11 is 1.49. The molecule has 1 aromatic carbocycles. The van der Waals surface area contributed by atoms with E-state index in [0.29, 0.717) is 18.1 Å². The fourth-order valence-electron chi connectivity index (χ4n) is 4.46. The van der Waals surface area contributed by atoms with E-state index in [1.165, 1.54) is 11.3 Å². The molecule has 3 N–H and O–H groups in total. The molecular formula is C27H29N7O3S. The third-order valence-corrected chi connectivity index (χ3v) is 7.80. The minimum atomic E-state index is -0.695. The molecule has 2 atom stereocenters. The summed E-state index contributed by atoms with van der Waals surface area (Å²) in [4.78, 5) is 38.8. The number of fused-ring (bicyclic) bond motifs is 1. The third-order valence-electron chi connectivity index (χ3n) is 6.67. The molecule has 196 valence electrons. The molecule has 1 aliphatic rings. The molecule has 38 heavy (non-hydrogen) atoms. The van der Waals surface area contributed by atoms with Crippen molar-refractivity contribution in [3.63, 3.8) is 0 Å². The van der Waals surface area contributed by atoms with Crippen LogP contribution in [-0.2, 0) is 18.4 Å². The Morgan fingerprint density at radius 3 is 2.74 bits per heavy atom. The Kier molecular flexibility index (Phi) is 6.96. The number of rotatable bonds is 8. The number of aryl methyl sites for hydroxylation is 3. The maximum absolute atomic E-state index is 13.3. The van der Waals surface area contributed by atoms with Crippen LogP contribution in [0.2, 0.25) is 0 Å². The molecule has 5 rings (SSSR count). The van der Waals surface area contributed by atoms with Gasteiger partial charge in [-0.3, -0.25) is 14.3 Å². The highest BCUT2D eigenvalue weighted by Gasteiger charge is 2.36. The normalized spacial score (nSPS) is 14.3.